The third-order valence-corrected chi connectivity index (χ3v) is 3.75. The van der Waals surface area contributed by atoms with E-state index in [1.165, 1.54) is 31.5 Å². The molecule has 1 aromatic carbocycles. The van der Waals surface area contributed by atoms with Crippen molar-refractivity contribution in [3.05, 3.63) is 53.7 Å². The Morgan fingerprint density at radius 3 is 2.60 bits per heavy atom. The maximum Gasteiger partial charge on any atom is 0.0998 e. The summed E-state index contributed by atoms with van der Waals surface area (Å²) in [5.41, 5.74) is 3.69. The Morgan fingerprint density at radius 1 is 1.10 bits per heavy atom. The van der Waals surface area contributed by atoms with Crippen molar-refractivity contribution in [1.82, 2.24) is 9.88 Å². The highest BCUT2D eigenvalue weighted by molar-refractivity contribution is 5.67. The summed E-state index contributed by atoms with van der Waals surface area (Å²) in [5.74, 6) is 0. The number of nitriles is 1. The van der Waals surface area contributed by atoms with Crippen molar-refractivity contribution in [3.63, 3.8) is 0 Å². The number of likely N-dealkylation sites (tertiary alicyclic amines) is 1. The van der Waals surface area contributed by atoms with Crippen molar-refractivity contribution >= 4 is 0 Å². The molecule has 0 aliphatic carbocycles. The lowest BCUT2D eigenvalue weighted by Gasteiger charge is -2.14. The molecule has 3 heteroatoms. The Balaban J connectivity index is 1.80. The van der Waals surface area contributed by atoms with Crippen LogP contribution >= 0.6 is 0 Å². The molecule has 0 atom stereocenters. The largest absolute Gasteiger partial charge is 0.299 e. The molecule has 1 aliphatic rings. The lowest BCUT2D eigenvalue weighted by Crippen LogP contribution is -2.18. The van der Waals surface area contributed by atoms with E-state index >= 15 is 0 Å². The minimum Gasteiger partial charge on any atom is -0.299 e. The van der Waals surface area contributed by atoms with E-state index in [0.29, 0.717) is 5.56 Å². The maximum atomic E-state index is 9.14. The number of benzene rings is 1. The number of nitrogens with zero attached hydrogens (tertiary/aromatic N) is 3. The van der Waals surface area contributed by atoms with Crippen LogP contribution in [-0.4, -0.2) is 23.0 Å². The highest BCUT2D eigenvalue weighted by atomic mass is 15.1. The van der Waals surface area contributed by atoms with E-state index in [1.807, 2.05) is 36.5 Å². The second kappa shape index (κ2) is 5.85. The summed E-state index contributed by atoms with van der Waals surface area (Å²) in [6.45, 7) is 3.37. The third-order valence-electron chi connectivity index (χ3n) is 3.75. The molecule has 3 nitrogen and oxygen atoms in total. The molecule has 20 heavy (non-hydrogen) atoms. The number of rotatable bonds is 3. The molecule has 2 heterocycles. The van der Waals surface area contributed by atoms with Gasteiger partial charge in [-0.2, -0.15) is 5.26 Å². The van der Waals surface area contributed by atoms with Crippen LogP contribution in [-0.2, 0) is 6.54 Å². The predicted molar refractivity (Wildman–Crippen MR) is 78.9 cm³/mol. The lowest BCUT2D eigenvalue weighted by atomic mass is 10.0. The van der Waals surface area contributed by atoms with Gasteiger partial charge in [0, 0.05) is 18.3 Å². The molecule has 0 N–H and O–H groups in total. The average molecular weight is 263 g/mol. The van der Waals surface area contributed by atoms with Gasteiger partial charge in [0.25, 0.3) is 0 Å². The number of hydrogen-bond acceptors (Lipinski definition) is 3. The third kappa shape index (κ3) is 2.71. The molecule has 2 aromatic rings. The van der Waals surface area contributed by atoms with E-state index < -0.39 is 0 Å². The van der Waals surface area contributed by atoms with E-state index in [0.717, 1.165) is 17.8 Å². The van der Waals surface area contributed by atoms with Crippen LogP contribution in [0.25, 0.3) is 11.3 Å². The fourth-order valence-corrected chi connectivity index (χ4v) is 2.68. The van der Waals surface area contributed by atoms with Gasteiger partial charge in [-0.05, 0) is 43.6 Å². The number of hydrogen-bond donors (Lipinski definition) is 0. The summed E-state index contributed by atoms with van der Waals surface area (Å²) in [4.78, 5) is 6.98. The van der Waals surface area contributed by atoms with Crippen LogP contribution in [0.2, 0.25) is 0 Å². The second-order valence-corrected chi connectivity index (χ2v) is 5.19. The van der Waals surface area contributed by atoms with Gasteiger partial charge in [0.2, 0.25) is 0 Å². The molecular formula is C17H17N3. The first-order valence-corrected chi connectivity index (χ1v) is 7.03. The monoisotopic (exact) mass is 263 g/mol. The van der Waals surface area contributed by atoms with Crippen LogP contribution in [0.15, 0.2) is 42.6 Å². The highest BCUT2D eigenvalue weighted by Crippen LogP contribution is 2.21. The molecular weight excluding hydrogens is 246 g/mol. The molecule has 1 aromatic heterocycles. The molecule has 0 spiro atoms. The summed E-state index contributed by atoms with van der Waals surface area (Å²) in [5, 5.41) is 9.14. The summed E-state index contributed by atoms with van der Waals surface area (Å²) >= 11 is 0. The average Bonchev–Trinajstić information content (AvgIpc) is 3.01. The molecule has 1 fully saturated rings. The van der Waals surface area contributed by atoms with Gasteiger partial charge < -0.3 is 0 Å². The summed E-state index contributed by atoms with van der Waals surface area (Å²) < 4.78 is 0. The van der Waals surface area contributed by atoms with Gasteiger partial charge >= 0.3 is 0 Å². The molecule has 100 valence electrons. The Kier molecular flexibility index (Phi) is 3.76. The molecule has 0 radical (unpaired) electrons. The second-order valence-electron chi connectivity index (χ2n) is 5.19. The van der Waals surface area contributed by atoms with Crippen molar-refractivity contribution in [1.29, 1.82) is 5.26 Å². The fraction of sp³-hybridized carbons (Fsp3) is 0.294. The van der Waals surface area contributed by atoms with Crippen molar-refractivity contribution in [2.45, 2.75) is 19.4 Å². The van der Waals surface area contributed by atoms with E-state index in [9.17, 15) is 0 Å². The minimum absolute atomic E-state index is 0.673. The summed E-state index contributed by atoms with van der Waals surface area (Å²) in [6.07, 6.45) is 4.55. The van der Waals surface area contributed by atoms with Gasteiger partial charge in [-0.15, -0.1) is 0 Å². The van der Waals surface area contributed by atoms with E-state index in [4.69, 9.17) is 5.26 Å². The van der Waals surface area contributed by atoms with Crippen molar-refractivity contribution in [2.24, 2.45) is 0 Å². The Morgan fingerprint density at radius 2 is 1.90 bits per heavy atom. The molecule has 0 saturated carbocycles. The van der Waals surface area contributed by atoms with Crippen LogP contribution in [0.3, 0.4) is 0 Å². The fourth-order valence-electron chi connectivity index (χ4n) is 2.68. The SMILES string of the molecule is N#Cc1ccccc1-c1ccc(CN2CCCC2)cn1. The first kappa shape index (κ1) is 12.8. The maximum absolute atomic E-state index is 9.14. The zero-order valence-corrected chi connectivity index (χ0v) is 11.4. The zero-order valence-electron chi connectivity index (χ0n) is 11.4. The lowest BCUT2D eigenvalue weighted by molar-refractivity contribution is 0.331. The van der Waals surface area contributed by atoms with E-state index in [-0.39, 0.29) is 0 Å². The molecule has 0 unspecified atom stereocenters. The summed E-state index contributed by atoms with van der Waals surface area (Å²) in [7, 11) is 0. The molecule has 1 saturated heterocycles. The van der Waals surface area contributed by atoms with Gasteiger partial charge in [0.05, 0.1) is 17.3 Å². The van der Waals surface area contributed by atoms with Crippen LogP contribution in [0.1, 0.15) is 24.0 Å². The minimum atomic E-state index is 0.673. The normalized spacial score (nSPS) is 15.2. The Labute approximate surface area is 119 Å². The van der Waals surface area contributed by atoms with Crippen LogP contribution in [0.4, 0.5) is 0 Å². The first-order chi connectivity index (χ1) is 9.86. The van der Waals surface area contributed by atoms with Crippen molar-refractivity contribution in [2.75, 3.05) is 13.1 Å². The first-order valence-electron chi connectivity index (χ1n) is 7.03. The van der Waals surface area contributed by atoms with Gasteiger partial charge in [-0.1, -0.05) is 24.3 Å². The van der Waals surface area contributed by atoms with Gasteiger partial charge in [0.1, 0.15) is 0 Å². The van der Waals surface area contributed by atoms with Gasteiger partial charge in [-0.25, -0.2) is 0 Å². The quantitative estimate of drug-likeness (QED) is 0.853. The smallest absolute Gasteiger partial charge is 0.0998 e. The highest BCUT2D eigenvalue weighted by Gasteiger charge is 2.12. The Hall–Kier alpha value is -2.18. The number of aromatic nitrogens is 1. The standard InChI is InChI=1S/C17H17N3/c18-11-15-5-1-2-6-16(15)17-8-7-14(12-19-17)13-20-9-3-4-10-20/h1-2,5-8,12H,3-4,9-10,13H2. The Bertz CT molecular complexity index is 619. The molecule has 1 aliphatic heterocycles. The van der Waals surface area contributed by atoms with Crippen molar-refractivity contribution in [3.8, 4) is 17.3 Å². The van der Waals surface area contributed by atoms with Crippen molar-refractivity contribution < 1.29 is 0 Å². The molecule has 0 amide bonds. The molecule has 3 rings (SSSR count). The predicted octanol–water partition coefficient (Wildman–Crippen LogP) is 3.22. The summed E-state index contributed by atoms with van der Waals surface area (Å²) in [6, 6.07) is 13.9. The van der Waals surface area contributed by atoms with Crippen LogP contribution in [0, 0.1) is 11.3 Å². The van der Waals surface area contributed by atoms with Gasteiger partial charge in [0.15, 0.2) is 0 Å². The zero-order chi connectivity index (χ0) is 13.8. The van der Waals surface area contributed by atoms with Crippen LogP contribution in [0.5, 0.6) is 0 Å². The van der Waals surface area contributed by atoms with Gasteiger partial charge in [-0.3, -0.25) is 9.88 Å². The van der Waals surface area contributed by atoms with E-state index in [1.54, 1.807) is 0 Å². The topological polar surface area (TPSA) is 39.9 Å². The van der Waals surface area contributed by atoms with Crippen LogP contribution < -0.4 is 0 Å². The molecule has 0 bridgehead atoms. The number of pyridine rings is 1. The van der Waals surface area contributed by atoms with E-state index in [2.05, 4.69) is 22.0 Å².